The van der Waals surface area contributed by atoms with Crippen molar-refractivity contribution in [2.24, 2.45) is 5.92 Å². The smallest absolute Gasteiger partial charge is 0.308 e. The second-order valence-corrected chi connectivity index (χ2v) is 9.75. The highest BCUT2D eigenvalue weighted by molar-refractivity contribution is 9.10. The Bertz CT molecular complexity index is 1270. The number of fused-ring (bicyclic) bond motifs is 1. The Labute approximate surface area is 214 Å². The first-order valence-corrected chi connectivity index (χ1v) is 11.8. The van der Waals surface area contributed by atoms with Crippen molar-refractivity contribution in [3.63, 3.8) is 0 Å². The molecule has 3 aromatic rings. The number of rotatable bonds is 6. The van der Waals surface area contributed by atoms with Crippen LogP contribution in [-0.4, -0.2) is 29.0 Å². The standard InChI is InChI=1S/C25H19BrCl2FNO4/c1-13(24(32)33)22(14-3-7-17(27)8-4-14)30-23(31)19-11-16(26)12-20(29)21(19)25(30,34-2)15-5-9-18(28)10-6-15/h3-13,22H,1-2H3,(H,32,33)/t13-,22-,25+/m0/s1. The van der Waals surface area contributed by atoms with Crippen molar-refractivity contribution in [2.75, 3.05) is 7.11 Å². The van der Waals surface area contributed by atoms with E-state index in [1.165, 1.54) is 31.1 Å². The Kier molecular flexibility index (Phi) is 6.75. The second-order valence-electron chi connectivity index (χ2n) is 7.96. The molecule has 0 unspecified atom stereocenters. The van der Waals surface area contributed by atoms with Crippen LogP contribution in [0.4, 0.5) is 4.39 Å². The molecule has 4 rings (SSSR count). The number of benzene rings is 3. The highest BCUT2D eigenvalue weighted by Crippen LogP contribution is 2.52. The summed E-state index contributed by atoms with van der Waals surface area (Å²) in [6.45, 7) is 1.49. The van der Waals surface area contributed by atoms with Gasteiger partial charge in [-0.3, -0.25) is 14.5 Å². The quantitative estimate of drug-likeness (QED) is 0.362. The molecule has 1 aliphatic heterocycles. The highest BCUT2D eigenvalue weighted by Gasteiger charge is 2.57. The lowest BCUT2D eigenvalue weighted by atomic mass is 9.88. The van der Waals surface area contributed by atoms with Crippen LogP contribution >= 0.6 is 39.1 Å². The van der Waals surface area contributed by atoms with Gasteiger partial charge in [-0.25, -0.2) is 4.39 Å². The van der Waals surface area contributed by atoms with E-state index in [0.29, 0.717) is 25.6 Å². The number of aliphatic carboxylic acids is 1. The van der Waals surface area contributed by atoms with Crippen LogP contribution in [0.1, 0.15) is 40.0 Å². The van der Waals surface area contributed by atoms with Gasteiger partial charge in [-0.15, -0.1) is 0 Å². The molecule has 0 aliphatic carbocycles. The lowest BCUT2D eigenvalue weighted by molar-refractivity contribution is -0.149. The Morgan fingerprint density at radius 3 is 2.18 bits per heavy atom. The van der Waals surface area contributed by atoms with Gasteiger partial charge in [0, 0.05) is 27.2 Å². The maximum Gasteiger partial charge on any atom is 0.308 e. The number of methoxy groups -OCH3 is 1. The van der Waals surface area contributed by atoms with Crippen molar-refractivity contribution in [3.8, 4) is 0 Å². The van der Waals surface area contributed by atoms with Crippen LogP contribution < -0.4 is 0 Å². The summed E-state index contributed by atoms with van der Waals surface area (Å²) in [5, 5.41) is 10.9. The zero-order chi connectivity index (χ0) is 24.8. The maximum absolute atomic E-state index is 15.6. The van der Waals surface area contributed by atoms with E-state index >= 15 is 4.39 Å². The van der Waals surface area contributed by atoms with Crippen molar-refractivity contribution in [3.05, 3.63) is 103 Å². The third kappa shape index (κ3) is 3.90. The van der Waals surface area contributed by atoms with Gasteiger partial charge < -0.3 is 9.84 Å². The zero-order valence-electron chi connectivity index (χ0n) is 18.1. The van der Waals surface area contributed by atoms with Crippen LogP contribution in [0.2, 0.25) is 10.0 Å². The number of ether oxygens (including phenoxy) is 1. The van der Waals surface area contributed by atoms with Gasteiger partial charge in [0.1, 0.15) is 5.82 Å². The summed E-state index contributed by atoms with van der Waals surface area (Å²) in [4.78, 5) is 27.5. The minimum Gasteiger partial charge on any atom is -0.481 e. The molecule has 1 N–H and O–H groups in total. The molecule has 0 bridgehead atoms. The van der Waals surface area contributed by atoms with Crippen LogP contribution in [0, 0.1) is 11.7 Å². The number of hydrogen-bond acceptors (Lipinski definition) is 3. The van der Waals surface area contributed by atoms with Crippen LogP contribution in [0.5, 0.6) is 0 Å². The summed E-state index contributed by atoms with van der Waals surface area (Å²) in [6.07, 6.45) is 0. The minimum atomic E-state index is -1.75. The van der Waals surface area contributed by atoms with E-state index in [9.17, 15) is 14.7 Å². The molecule has 1 aliphatic rings. The highest BCUT2D eigenvalue weighted by atomic mass is 79.9. The summed E-state index contributed by atoms with van der Waals surface area (Å²) in [6, 6.07) is 14.7. The Morgan fingerprint density at radius 1 is 1.09 bits per heavy atom. The summed E-state index contributed by atoms with van der Waals surface area (Å²) < 4.78 is 21.9. The molecule has 3 aromatic carbocycles. The van der Waals surface area contributed by atoms with Crippen molar-refractivity contribution in [1.29, 1.82) is 0 Å². The molecule has 0 saturated heterocycles. The van der Waals surface area contributed by atoms with E-state index < -0.39 is 35.4 Å². The molecule has 34 heavy (non-hydrogen) atoms. The summed E-state index contributed by atoms with van der Waals surface area (Å²) in [7, 11) is 1.36. The van der Waals surface area contributed by atoms with Crippen LogP contribution in [0.15, 0.2) is 65.1 Å². The number of halogens is 4. The molecule has 0 saturated carbocycles. The number of carbonyl (C=O) groups excluding carboxylic acids is 1. The van der Waals surface area contributed by atoms with Gasteiger partial charge >= 0.3 is 5.97 Å². The topological polar surface area (TPSA) is 66.8 Å². The third-order valence-electron chi connectivity index (χ3n) is 6.07. The average molecular weight is 567 g/mol. The Hall–Kier alpha value is -2.45. The molecular formula is C25H19BrCl2FNO4. The molecule has 0 fully saturated rings. The normalized spacial score (nSPS) is 19.1. The van der Waals surface area contributed by atoms with Gasteiger partial charge in [0.05, 0.1) is 23.1 Å². The number of carboxylic acids is 1. The van der Waals surface area contributed by atoms with Crippen molar-refractivity contribution < 1.29 is 23.8 Å². The molecule has 0 aromatic heterocycles. The third-order valence-corrected chi connectivity index (χ3v) is 7.03. The lowest BCUT2D eigenvalue weighted by Gasteiger charge is -2.44. The first-order chi connectivity index (χ1) is 16.1. The first kappa shape index (κ1) is 24.7. The monoisotopic (exact) mass is 565 g/mol. The van der Waals surface area contributed by atoms with Gasteiger partial charge in [-0.05, 0) is 48.9 Å². The molecule has 176 valence electrons. The van der Waals surface area contributed by atoms with Crippen molar-refractivity contribution in [1.82, 2.24) is 4.90 Å². The molecule has 0 radical (unpaired) electrons. The molecular weight excluding hydrogens is 548 g/mol. The van der Waals surface area contributed by atoms with E-state index in [4.69, 9.17) is 27.9 Å². The van der Waals surface area contributed by atoms with Crippen LogP contribution in [0.3, 0.4) is 0 Å². The van der Waals surface area contributed by atoms with E-state index in [1.807, 2.05) is 0 Å². The number of carboxylic acid groups (broad SMARTS) is 1. The number of amides is 1. The van der Waals surface area contributed by atoms with Gasteiger partial charge in [-0.2, -0.15) is 0 Å². The molecule has 3 atom stereocenters. The summed E-state index contributed by atoms with van der Waals surface area (Å²) >= 11 is 15.4. The van der Waals surface area contributed by atoms with Crippen molar-refractivity contribution in [2.45, 2.75) is 18.7 Å². The predicted octanol–water partition coefficient (Wildman–Crippen LogP) is 6.66. The second kappa shape index (κ2) is 9.30. The van der Waals surface area contributed by atoms with Crippen LogP contribution in [-0.2, 0) is 15.3 Å². The average Bonchev–Trinajstić information content (AvgIpc) is 3.05. The fourth-order valence-corrected chi connectivity index (χ4v) is 5.22. The van der Waals surface area contributed by atoms with Crippen LogP contribution in [0.25, 0.3) is 0 Å². The summed E-state index contributed by atoms with van der Waals surface area (Å²) in [5.74, 6) is -3.45. The fourth-order valence-electron chi connectivity index (χ4n) is 4.54. The SMILES string of the molecule is CO[C@]1(c2ccc(Cl)cc2)c2c(F)cc(Br)cc2C(=O)N1[C@H](c1ccc(Cl)cc1)[C@H](C)C(=O)O. The Balaban J connectivity index is 2.08. The van der Waals surface area contributed by atoms with Crippen molar-refractivity contribution >= 4 is 51.0 Å². The van der Waals surface area contributed by atoms with Gasteiger partial charge in [-0.1, -0.05) is 63.4 Å². The maximum atomic E-state index is 15.6. The predicted molar refractivity (Wildman–Crippen MR) is 131 cm³/mol. The fraction of sp³-hybridized carbons (Fsp3) is 0.200. The number of carbonyl (C=O) groups is 2. The van der Waals surface area contributed by atoms with E-state index in [1.54, 1.807) is 48.5 Å². The first-order valence-electron chi connectivity index (χ1n) is 10.2. The van der Waals surface area contributed by atoms with E-state index in [0.717, 1.165) is 0 Å². The molecule has 0 spiro atoms. The summed E-state index contributed by atoms with van der Waals surface area (Å²) in [5.41, 5.74) is -0.752. The molecule has 1 heterocycles. The van der Waals surface area contributed by atoms with E-state index in [2.05, 4.69) is 15.9 Å². The number of nitrogens with zero attached hydrogens (tertiary/aromatic N) is 1. The van der Waals surface area contributed by atoms with Gasteiger partial charge in [0.15, 0.2) is 5.72 Å². The molecule has 9 heteroatoms. The largest absolute Gasteiger partial charge is 0.481 e. The van der Waals surface area contributed by atoms with E-state index in [-0.39, 0.29) is 11.1 Å². The minimum absolute atomic E-state index is 0.00192. The molecule has 5 nitrogen and oxygen atoms in total. The zero-order valence-corrected chi connectivity index (χ0v) is 21.2. The lowest BCUT2D eigenvalue weighted by Crippen LogP contribution is -2.51. The molecule has 1 amide bonds. The Morgan fingerprint density at radius 2 is 1.65 bits per heavy atom. The van der Waals surface area contributed by atoms with Gasteiger partial charge in [0.2, 0.25) is 0 Å². The number of hydrogen-bond donors (Lipinski definition) is 1. The van der Waals surface area contributed by atoms with Gasteiger partial charge in [0.25, 0.3) is 5.91 Å².